The Balaban J connectivity index is 1.74. The van der Waals surface area contributed by atoms with E-state index in [0.29, 0.717) is 31.4 Å². The second-order valence-corrected chi connectivity index (χ2v) is 7.86. The molecule has 1 saturated carbocycles. The third kappa shape index (κ3) is 4.14. The monoisotopic (exact) mass is 348 g/mol. The number of nitrogens with zero attached hydrogens (tertiary/aromatic N) is 4. The van der Waals surface area contributed by atoms with E-state index in [9.17, 15) is 4.79 Å². The number of hydrogen-bond acceptors (Lipinski definition) is 6. The zero-order valence-corrected chi connectivity index (χ0v) is 15.8. The average Bonchev–Trinajstić information content (AvgIpc) is 3.37. The Morgan fingerprint density at radius 1 is 1.28 bits per heavy atom. The predicted molar refractivity (Wildman–Crippen MR) is 95.2 cm³/mol. The van der Waals surface area contributed by atoms with E-state index in [-0.39, 0.29) is 12.1 Å². The van der Waals surface area contributed by atoms with E-state index in [1.807, 2.05) is 27.7 Å². The van der Waals surface area contributed by atoms with Gasteiger partial charge in [0.1, 0.15) is 5.60 Å². The van der Waals surface area contributed by atoms with Crippen LogP contribution in [0.3, 0.4) is 0 Å². The number of piperazine rings is 1. The molecular weight excluding hydrogens is 320 g/mol. The van der Waals surface area contributed by atoms with Gasteiger partial charge in [0.15, 0.2) is 5.82 Å². The van der Waals surface area contributed by atoms with Gasteiger partial charge in [-0.15, -0.1) is 0 Å². The summed E-state index contributed by atoms with van der Waals surface area (Å²) in [6.07, 6.45) is 3.78. The van der Waals surface area contributed by atoms with Crippen molar-refractivity contribution in [3.05, 3.63) is 11.9 Å². The predicted octanol–water partition coefficient (Wildman–Crippen LogP) is 2.81. The van der Waals surface area contributed by atoms with Gasteiger partial charge in [-0.05, 0) is 40.5 Å². The van der Waals surface area contributed by atoms with Gasteiger partial charge in [-0.1, -0.05) is 0 Å². The molecule has 0 radical (unpaired) electrons. The van der Waals surface area contributed by atoms with Gasteiger partial charge in [-0.2, -0.15) is 4.98 Å². The highest BCUT2D eigenvalue weighted by atomic mass is 16.6. The first-order chi connectivity index (χ1) is 11.8. The van der Waals surface area contributed by atoms with Crippen LogP contribution >= 0.6 is 0 Å². The molecule has 0 N–H and O–H groups in total. The maximum atomic E-state index is 12.4. The van der Waals surface area contributed by atoms with Crippen LogP contribution in [-0.4, -0.2) is 59.3 Å². The number of aromatic nitrogens is 2. The highest BCUT2D eigenvalue weighted by molar-refractivity contribution is 5.69. The second-order valence-electron chi connectivity index (χ2n) is 7.86. The van der Waals surface area contributed by atoms with Crippen molar-refractivity contribution in [3.63, 3.8) is 0 Å². The summed E-state index contributed by atoms with van der Waals surface area (Å²) >= 11 is 0. The quantitative estimate of drug-likeness (QED) is 0.837. The highest BCUT2D eigenvalue weighted by Crippen LogP contribution is 2.43. The Morgan fingerprint density at radius 2 is 2.00 bits per heavy atom. The lowest BCUT2D eigenvalue weighted by molar-refractivity contribution is 0.0158. The molecule has 1 aromatic rings. The topological polar surface area (TPSA) is 67.8 Å². The zero-order chi connectivity index (χ0) is 18.2. The molecule has 3 rings (SSSR count). The van der Waals surface area contributed by atoms with Crippen molar-refractivity contribution in [2.24, 2.45) is 0 Å². The van der Waals surface area contributed by atoms with Gasteiger partial charge in [-0.3, -0.25) is 4.98 Å². The third-order valence-corrected chi connectivity index (χ3v) is 4.49. The number of rotatable bonds is 3. The zero-order valence-electron chi connectivity index (χ0n) is 15.8. The number of carbonyl (C=O) groups is 1. The van der Waals surface area contributed by atoms with Crippen LogP contribution in [0.1, 0.15) is 52.1 Å². The summed E-state index contributed by atoms with van der Waals surface area (Å²) in [6, 6.07) is 0.0451. The van der Waals surface area contributed by atoms with E-state index < -0.39 is 5.60 Å². The van der Waals surface area contributed by atoms with E-state index >= 15 is 0 Å². The van der Waals surface area contributed by atoms with Gasteiger partial charge >= 0.3 is 6.09 Å². The van der Waals surface area contributed by atoms with Crippen LogP contribution in [0.2, 0.25) is 0 Å². The van der Waals surface area contributed by atoms with E-state index in [1.165, 1.54) is 12.8 Å². The van der Waals surface area contributed by atoms with Gasteiger partial charge in [0, 0.05) is 31.6 Å². The third-order valence-electron chi connectivity index (χ3n) is 4.49. The average molecular weight is 348 g/mol. The van der Waals surface area contributed by atoms with Crippen molar-refractivity contribution in [1.82, 2.24) is 14.9 Å². The van der Waals surface area contributed by atoms with Crippen LogP contribution in [-0.2, 0) is 4.74 Å². The van der Waals surface area contributed by atoms with Gasteiger partial charge in [-0.25, -0.2) is 4.79 Å². The molecule has 1 aromatic heterocycles. The molecule has 7 heteroatoms. The van der Waals surface area contributed by atoms with Crippen molar-refractivity contribution >= 4 is 11.9 Å². The Bertz CT molecular complexity index is 640. The number of amides is 1. The lowest BCUT2D eigenvalue weighted by Crippen LogP contribution is -2.55. The molecular formula is C18H28N4O3. The summed E-state index contributed by atoms with van der Waals surface area (Å²) in [5, 5.41) is 0. The lowest BCUT2D eigenvalue weighted by atomic mass is 10.1. The lowest BCUT2D eigenvalue weighted by Gasteiger charge is -2.41. The fraction of sp³-hybridized carbons (Fsp3) is 0.722. The van der Waals surface area contributed by atoms with Crippen LogP contribution in [0.25, 0.3) is 0 Å². The second kappa shape index (κ2) is 6.69. The molecule has 2 aliphatic rings. The van der Waals surface area contributed by atoms with E-state index in [0.717, 1.165) is 11.5 Å². The number of carbonyl (C=O) groups excluding carboxylic acids is 1. The van der Waals surface area contributed by atoms with Gasteiger partial charge in [0.2, 0.25) is 5.88 Å². The summed E-state index contributed by atoms with van der Waals surface area (Å²) in [5.74, 6) is 1.94. The van der Waals surface area contributed by atoms with Gasteiger partial charge in [0.05, 0.1) is 19.0 Å². The minimum Gasteiger partial charge on any atom is -0.480 e. The Kier molecular flexibility index (Phi) is 4.75. The molecule has 0 bridgehead atoms. The molecule has 0 aromatic carbocycles. The minimum atomic E-state index is -0.481. The fourth-order valence-corrected chi connectivity index (χ4v) is 3.09. The fourth-order valence-electron chi connectivity index (χ4n) is 3.09. The number of methoxy groups -OCH3 is 1. The molecule has 1 aliphatic heterocycles. The van der Waals surface area contributed by atoms with Gasteiger partial charge < -0.3 is 19.3 Å². The number of ether oxygens (including phenoxy) is 2. The Labute approximate surface area is 149 Å². The Morgan fingerprint density at radius 3 is 2.56 bits per heavy atom. The normalized spacial score (nSPS) is 21.2. The first kappa shape index (κ1) is 17.8. The summed E-state index contributed by atoms with van der Waals surface area (Å²) < 4.78 is 10.8. The molecule has 1 amide bonds. The van der Waals surface area contributed by atoms with Crippen LogP contribution in [0.5, 0.6) is 5.88 Å². The number of hydrogen-bond donors (Lipinski definition) is 0. The maximum Gasteiger partial charge on any atom is 0.410 e. The number of anilines is 1. The molecule has 138 valence electrons. The molecule has 2 fully saturated rings. The summed E-state index contributed by atoms with van der Waals surface area (Å²) in [4.78, 5) is 25.6. The molecule has 1 aliphatic carbocycles. The van der Waals surface area contributed by atoms with Crippen molar-refractivity contribution in [1.29, 1.82) is 0 Å². The molecule has 1 atom stereocenters. The first-order valence-corrected chi connectivity index (χ1v) is 8.94. The largest absolute Gasteiger partial charge is 0.480 e. The molecule has 7 nitrogen and oxygen atoms in total. The summed E-state index contributed by atoms with van der Waals surface area (Å²) in [5.41, 5.74) is 0.574. The Hall–Kier alpha value is -2.05. The van der Waals surface area contributed by atoms with E-state index in [4.69, 9.17) is 9.47 Å². The maximum absolute atomic E-state index is 12.4. The molecule has 1 saturated heterocycles. The van der Waals surface area contributed by atoms with Crippen molar-refractivity contribution < 1.29 is 14.3 Å². The smallest absolute Gasteiger partial charge is 0.410 e. The standard InChI is InChI=1S/C18H28N4O3/c1-12-11-21(8-9-22(12)17(23)25-18(2,3)4)16-15(13-6-7-13)19-10-14(20-16)24-5/h10,12-13H,6-9,11H2,1-5H3. The summed E-state index contributed by atoms with van der Waals surface area (Å²) in [6.45, 7) is 9.74. The van der Waals surface area contributed by atoms with Gasteiger partial charge in [0.25, 0.3) is 0 Å². The van der Waals surface area contributed by atoms with Crippen LogP contribution in [0, 0.1) is 0 Å². The first-order valence-electron chi connectivity index (χ1n) is 8.94. The van der Waals surface area contributed by atoms with Crippen LogP contribution < -0.4 is 9.64 Å². The summed E-state index contributed by atoms with van der Waals surface area (Å²) in [7, 11) is 1.60. The minimum absolute atomic E-state index is 0.0451. The molecule has 0 spiro atoms. The van der Waals surface area contributed by atoms with Crippen molar-refractivity contribution in [3.8, 4) is 5.88 Å². The van der Waals surface area contributed by atoms with Crippen LogP contribution in [0.4, 0.5) is 10.6 Å². The molecule has 25 heavy (non-hydrogen) atoms. The van der Waals surface area contributed by atoms with Crippen LogP contribution in [0.15, 0.2) is 6.20 Å². The van der Waals surface area contributed by atoms with Crippen molar-refractivity contribution in [2.75, 3.05) is 31.6 Å². The highest BCUT2D eigenvalue weighted by Gasteiger charge is 2.35. The molecule has 1 unspecified atom stereocenters. The van der Waals surface area contributed by atoms with E-state index in [2.05, 4.69) is 14.9 Å². The van der Waals surface area contributed by atoms with Crippen molar-refractivity contribution in [2.45, 2.75) is 58.1 Å². The SMILES string of the molecule is COc1cnc(C2CC2)c(N2CCN(C(=O)OC(C)(C)C)C(C)C2)n1. The molecule has 2 heterocycles. The van der Waals surface area contributed by atoms with E-state index in [1.54, 1.807) is 18.2 Å².